The van der Waals surface area contributed by atoms with E-state index in [4.69, 9.17) is 0 Å². The van der Waals surface area contributed by atoms with Crippen LogP contribution in [0.2, 0.25) is 0 Å². The van der Waals surface area contributed by atoms with Gasteiger partial charge >= 0.3 is 6.09 Å². The summed E-state index contributed by atoms with van der Waals surface area (Å²) in [7, 11) is 1.30. The number of aromatic nitrogens is 3. The SMILES string of the molecule is COC(=O)Nc1cccc(-c2ccc3c(-c4ccc(Br)cc4F)[nH]nc3n2)c1. The number of halogens is 2. The molecular formula is C20H14BrFN4O2. The van der Waals surface area contributed by atoms with Crippen LogP contribution in [-0.2, 0) is 4.74 Å². The molecule has 2 aromatic carbocycles. The summed E-state index contributed by atoms with van der Waals surface area (Å²) in [6.45, 7) is 0. The van der Waals surface area contributed by atoms with Gasteiger partial charge in [0, 0.05) is 26.7 Å². The van der Waals surface area contributed by atoms with Crippen LogP contribution in [0.15, 0.2) is 59.1 Å². The van der Waals surface area contributed by atoms with E-state index in [2.05, 4.69) is 41.2 Å². The maximum Gasteiger partial charge on any atom is 0.411 e. The number of ether oxygens (including phenoxy) is 1. The lowest BCUT2D eigenvalue weighted by Gasteiger charge is -2.06. The molecule has 2 heterocycles. The smallest absolute Gasteiger partial charge is 0.411 e. The van der Waals surface area contributed by atoms with Gasteiger partial charge in [-0.15, -0.1) is 0 Å². The number of hydrogen-bond donors (Lipinski definition) is 2. The molecule has 0 saturated heterocycles. The van der Waals surface area contributed by atoms with Crippen LogP contribution in [0.3, 0.4) is 0 Å². The zero-order chi connectivity index (χ0) is 19.7. The van der Waals surface area contributed by atoms with Crippen molar-refractivity contribution in [3.8, 4) is 22.5 Å². The molecule has 0 fully saturated rings. The second-order valence-electron chi connectivity index (χ2n) is 5.99. The third-order valence-corrected chi connectivity index (χ3v) is 4.70. The van der Waals surface area contributed by atoms with Crippen LogP contribution in [0.1, 0.15) is 0 Å². The number of rotatable bonds is 3. The first-order valence-corrected chi connectivity index (χ1v) is 9.10. The van der Waals surface area contributed by atoms with E-state index in [-0.39, 0.29) is 5.82 Å². The van der Waals surface area contributed by atoms with Crippen LogP contribution in [-0.4, -0.2) is 28.4 Å². The van der Waals surface area contributed by atoms with Crippen LogP contribution in [0.25, 0.3) is 33.5 Å². The summed E-state index contributed by atoms with van der Waals surface area (Å²) in [6.07, 6.45) is -0.547. The molecule has 0 aliphatic rings. The number of amides is 1. The van der Waals surface area contributed by atoms with Gasteiger partial charge in [-0.2, -0.15) is 5.10 Å². The second-order valence-corrected chi connectivity index (χ2v) is 6.90. The number of pyridine rings is 1. The van der Waals surface area contributed by atoms with Gasteiger partial charge in [-0.25, -0.2) is 14.2 Å². The fraction of sp³-hybridized carbons (Fsp3) is 0.0500. The molecule has 4 rings (SSSR count). The standard InChI is InChI=1S/C20H14BrFN4O2/c1-28-20(27)23-13-4-2-3-11(9-13)17-8-7-15-18(25-26-19(15)24-17)14-6-5-12(21)10-16(14)22/h2-10H,1H3,(H,23,27)(H,24,25,26). The van der Waals surface area contributed by atoms with E-state index in [1.165, 1.54) is 13.2 Å². The average Bonchev–Trinajstić information content (AvgIpc) is 3.11. The summed E-state index contributed by atoms with van der Waals surface area (Å²) in [4.78, 5) is 16.0. The number of hydrogen-bond acceptors (Lipinski definition) is 4. The van der Waals surface area contributed by atoms with Gasteiger partial charge in [0.25, 0.3) is 0 Å². The molecule has 0 aliphatic carbocycles. The lowest BCUT2D eigenvalue weighted by atomic mass is 10.1. The summed E-state index contributed by atoms with van der Waals surface area (Å²) < 4.78 is 19.6. The van der Waals surface area contributed by atoms with Crippen LogP contribution in [0, 0.1) is 5.82 Å². The maximum absolute atomic E-state index is 14.3. The number of H-pyrrole nitrogens is 1. The normalized spacial score (nSPS) is 10.8. The largest absolute Gasteiger partial charge is 0.453 e. The molecule has 6 nitrogen and oxygen atoms in total. The number of nitrogens with one attached hydrogen (secondary N) is 2. The molecule has 2 aromatic heterocycles. The number of methoxy groups -OCH3 is 1. The van der Waals surface area contributed by atoms with Crippen molar-refractivity contribution >= 4 is 38.7 Å². The second kappa shape index (κ2) is 7.40. The van der Waals surface area contributed by atoms with E-state index in [9.17, 15) is 9.18 Å². The number of carbonyl (C=O) groups excluding carboxylic acids is 1. The number of fused-ring (bicyclic) bond motifs is 1. The predicted molar refractivity (Wildman–Crippen MR) is 108 cm³/mol. The van der Waals surface area contributed by atoms with E-state index in [0.717, 1.165) is 5.56 Å². The number of anilines is 1. The highest BCUT2D eigenvalue weighted by molar-refractivity contribution is 9.10. The summed E-state index contributed by atoms with van der Waals surface area (Å²) in [5, 5.41) is 10.4. The van der Waals surface area contributed by atoms with Crippen LogP contribution in [0.5, 0.6) is 0 Å². The van der Waals surface area contributed by atoms with Crippen molar-refractivity contribution in [2.75, 3.05) is 12.4 Å². The Kier molecular flexibility index (Phi) is 4.79. The van der Waals surface area contributed by atoms with Gasteiger partial charge in [-0.05, 0) is 42.5 Å². The summed E-state index contributed by atoms with van der Waals surface area (Å²) >= 11 is 3.26. The Balaban J connectivity index is 1.72. The summed E-state index contributed by atoms with van der Waals surface area (Å²) in [6, 6.07) is 15.7. The Hall–Kier alpha value is -3.26. The van der Waals surface area contributed by atoms with Crippen LogP contribution in [0.4, 0.5) is 14.9 Å². The highest BCUT2D eigenvalue weighted by Crippen LogP contribution is 2.31. The molecule has 28 heavy (non-hydrogen) atoms. The first-order valence-electron chi connectivity index (χ1n) is 8.31. The van der Waals surface area contributed by atoms with Crippen LogP contribution < -0.4 is 5.32 Å². The predicted octanol–water partition coefficient (Wildman–Crippen LogP) is 5.37. The Morgan fingerprint density at radius 1 is 1.18 bits per heavy atom. The van der Waals surface area contributed by atoms with E-state index in [1.807, 2.05) is 18.2 Å². The van der Waals surface area contributed by atoms with Crippen LogP contribution >= 0.6 is 15.9 Å². The van der Waals surface area contributed by atoms with Crippen molar-refractivity contribution in [3.05, 3.63) is 64.9 Å². The molecule has 0 spiro atoms. The third kappa shape index (κ3) is 3.46. The minimum atomic E-state index is -0.547. The minimum Gasteiger partial charge on any atom is -0.453 e. The Labute approximate surface area is 167 Å². The Morgan fingerprint density at radius 3 is 2.82 bits per heavy atom. The number of aromatic amines is 1. The van der Waals surface area contributed by atoms with Gasteiger partial charge in [0.05, 0.1) is 18.5 Å². The van der Waals surface area contributed by atoms with Crippen molar-refractivity contribution in [3.63, 3.8) is 0 Å². The van der Waals surface area contributed by atoms with E-state index in [1.54, 1.807) is 30.3 Å². The molecule has 140 valence electrons. The third-order valence-electron chi connectivity index (χ3n) is 4.21. The van der Waals surface area contributed by atoms with E-state index >= 15 is 0 Å². The molecule has 0 unspecified atom stereocenters. The van der Waals surface area contributed by atoms with Gasteiger partial charge in [0.15, 0.2) is 5.65 Å². The quantitative estimate of drug-likeness (QED) is 0.448. The topological polar surface area (TPSA) is 79.9 Å². The van der Waals surface area contributed by atoms with Gasteiger partial charge < -0.3 is 4.74 Å². The average molecular weight is 441 g/mol. The molecule has 8 heteroatoms. The van der Waals surface area contributed by atoms with Gasteiger partial charge in [0.1, 0.15) is 5.82 Å². The Bertz CT molecular complexity index is 1190. The monoisotopic (exact) mass is 440 g/mol. The first-order chi connectivity index (χ1) is 13.5. The van der Waals surface area contributed by atoms with E-state index in [0.29, 0.717) is 38.1 Å². The zero-order valence-corrected chi connectivity index (χ0v) is 16.2. The number of nitrogens with zero attached hydrogens (tertiary/aromatic N) is 2. The minimum absolute atomic E-state index is 0.356. The Morgan fingerprint density at radius 2 is 2.04 bits per heavy atom. The molecule has 0 atom stereocenters. The highest BCUT2D eigenvalue weighted by atomic mass is 79.9. The van der Waals surface area contributed by atoms with Gasteiger partial charge in [-0.1, -0.05) is 28.1 Å². The number of carbonyl (C=O) groups is 1. The van der Waals surface area contributed by atoms with E-state index < -0.39 is 6.09 Å². The fourth-order valence-corrected chi connectivity index (χ4v) is 3.21. The van der Waals surface area contributed by atoms with Crippen molar-refractivity contribution < 1.29 is 13.9 Å². The molecule has 1 amide bonds. The first kappa shape index (κ1) is 18.1. The fourth-order valence-electron chi connectivity index (χ4n) is 2.88. The van der Waals surface area contributed by atoms with Gasteiger partial charge in [-0.3, -0.25) is 10.4 Å². The molecule has 0 bridgehead atoms. The van der Waals surface area contributed by atoms with Gasteiger partial charge in [0.2, 0.25) is 0 Å². The van der Waals surface area contributed by atoms with Crippen molar-refractivity contribution in [2.45, 2.75) is 0 Å². The summed E-state index contributed by atoms with van der Waals surface area (Å²) in [5.74, 6) is -0.356. The molecule has 0 aliphatic heterocycles. The highest BCUT2D eigenvalue weighted by Gasteiger charge is 2.14. The van der Waals surface area contributed by atoms with Crippen molar-refractivity contribution in [2.24, 2.45) is 0 Å². The van der Waals surface area contributed by atoms with Crippen molar-refractivity contribution in [1.29, 1.82) is 0 Å². The summed E-state index contributed by atoms with van der Waals surface area (Å²) in [5.41, 5.74) is 3.53. The lowest BCUT2D eigenvalue weighted by molar-refractivity contribution is 0.187. The van der Waals surface area contributed by atoms with Crippen molar-refractivity contribution in [1.82, 2.24) is 15.2 Å². The maximum atomic E-state index is 14.3. The molecule has 2 N–H and O–H groups in total. The molecule has 0 radical (unpaired) electrons. The lowest BCUT2D eigenvalue weighted by Crippen LogP contribution is -2.10. The molecule has 4 aromatic rings. The zero-order valence-electron chi connectivity index (χ0n) is 14.7. The number of benzene rings is 2. The molecule has 0 saturated carbocycles. The molecular weight excluding hydrogens is 427 g/mol.